The second kappa shape index (κ2) is 9.33. The number of fused-ring (bicyclic) bond motifs is 1. The lowest BCUT2D eigenvalue weighted by Gasteiger charge is -2.40. The van der Waals surface area contributed by atoms with E-state index in [0.29, 0.717) is 36.6 Å². The lowest BCUT2D eigenvalue weighted by Crippen LogP contribution is -2.52. The van der Waals surface area contributed by atoms with Gasteiger partial charge in [-0.2, -0.15) is 4.98 Å². The molecule has 3 aromatic rings. The van der Waals surface area contributed by atoms with E-state index in [0.717, 1.165) is 35.1 Å². The maximum Gasteiger partial charge on any atom is 0.227 e. The minimum atomic E-state index is -1.72. The molecule has 2 fully saturated rings. The van der Waals surface area contributed by atoms with Crippen molar-refractivity contribution in [2.75, 3.05) is 34.8 Å². The Morgan fingerprint density at radius 3 is 2.57 bits per heavy atom. The van der Waals surface area contributed by atoms with Gasteiger partial charge in [0.1, 0.15) is 17.5 Å². The van der Waals surface area contributed by atoms with Gasteiger partial charge in [0.2, 0.25) is 5.95 Å². The van der Waals surface area contributed by atoms with Crippen molar-refractivity contribution in [3.63, 3.8) is 0 Å². The van der Waals surface area contributed by atoms with Crippen LogP contribution < -0.4 is 15.1 Å². The highest BCUT2D eigenvalue weighted by atomic mass is 19.1. The van der Waals surface area contributed by atoms with Crippen LogP contribution in [0.5, 0.6) is 0 Å². The Kier molecular flexibility index (Phi) is 6.44. The molecule has 5 heterocycles. The predicted molar refractivity (Wildman–Crippen MR) is 143 cm³/mol. The van der Waals surface area contributed by atoms with Crippen molar-refractivity contribution in [1.82, 2.24) is 19.9 Å². The fourth-order valence-electron chi connectivity index (χ4n) is 5.01. The topological polar surface area (TPSA) is 111 Å². The van der Waals surface area contributed by atoms with E-state index in [1.54, 1.807) is 31.0 Å². The quantitative estimate of drug-likeness (QED) is 0.455. The molecular formula is C27H36FN7O2. The van der Waals surface area contributed by atoms with Gasteiger partial charge in [0.05, 0.1) is 18.2 Å². The first-order valence-electron chi connectivity index (χ1n) is 12.9. The molecule has 0 amide bonds. The summed E-state index contributed by atoms with van der Waals surface area (Å²) in [6, 6.07) is 4.14. The van der Waals surface area contributed by atoms with Gasteiger partial charge in [-0.3, -0.25) is 0 Å². The van der Waals surface area contributed by atoms with Crippen LogP contribution >= 0.6 is 0 Å². The zero-order chi connectivity index (χ0) is 26.5. The maximum atomic E-state index is 14.7. The summed E-state index contributed by atoms with van der Waals surface area (Å²) < 4.78 is 14.7. The van der Waals surface area contributed by atoms with E-state index in [2.05, 4.69) is 32.1 Å². The Labute approximate surface area is 216 Å². The zero-order valence-electron chi connectivity index (χ0n) is 22.1. The van der Waals surface area contributed by atoms with Crippen LogP contribution in [-0.2, 0) is 0 Å². The Bertz CT molecular complexity index is 1300. The van der Waals surface area contributed by atoms with Gasteiger partial charge in [0.15, 0.2) is 5.67 Å². The summed E-state index contributed by atoms with van der Waals surface area (Å²) in [6.45, 7) is 10.7. The maximum absolute atomic E-state index is 14.7. The average Bonchev–Trinajstić information content (AvgIpc) is 2.84. The molecule has 0 unspecified atom stereocenters. The van der Waals surface area contributed by atoms with Gasteiger partial charge in [0.25, 0.3) is 0 Å². The number of aliphatic hydroxyl groups excluding tert-OH is 1. The molecule has 9 nitrogen and oxygen atoms in total. The minimum Gasteiger partial charge on any atom is -0.390 e. The van der Waals surface area contributed by atoms with Gasteiger partial charge < -0.3 is 25.3 Å². The van der Waals surface area contributed by atoms with Crippen molar-refractivity contribution in [3.05, 3.63) is 36.3 Å². The first-order valence-corrected chi connectivity index (χ1v) is 12.9. The summed E-state index contributed by atoms with van der Waals surface area (Å²) in [7, 11) is 0. The number of anilines is 4. The fourth-order valence-corrected chi connectivity index (χ4v) is 5.01. The molecular weight excluding hydrogens is 473 g/mol. The lowest BCUT2D eigenvalue weighted by molar-refractivity contribution is -0.00860. The van der Waals surface area contributed by atoms with Crippen LogP contribution in [0.1, 0.15) is 58.9 Å². The summed E-state index contributed by atoms with van der Waals surface area (Å²) in [5.41, 5.74) is -1.70. The molecule has 37 heavy (non-hydrogen) atoms. The first kappa shape index (κ1) is 25.5. The van der Waals surface area contributed by atoms with Gasteiger partial charge >= 0.3 is 0 Å². The number of halogens is 1. The van der Waals surface area contributed by atoms with Gasteiger partial charge in [-0.15, -0.1) is 0 Å². The van der Waals surface area contributed by atoms with Crippen LogP contribution in [0.3, 0.4) is 0 Å². The van der Waals surface area contributed by atoms with Crippen molar-refractivity contribution >= 4 is 34.2 Å². The van der Waals surface area contributed by atoms with E-state index >= 15 is 0 Å². The predicted octanol–water partition coefficient (Wildman–Crippen LogP) is 3.94. The van der Waals surface area contributed by atoms with Crippen molar-refractivity contribution < 1.29 is 14.6 Å². The molecule has 10 heteroatoms. The normalized spacial score (nSPS) is 25.2. The van der Waals surface area contributed by atoms with Gasteiger partial charge in [-0.1, -0.05) is 6.92 Å². The summed E-state index contributed by atoms with van der Waals surface area (Å²) in [5.74, 6) is 2.28. The molecule has 3 aromatic heterocycles. The highest BCUT2D eigenvalue weighted by Gasteiger charge is 2.39. The third-order valence-corrected chi connectivity index (χ3v) is 7.95. The molecule has 5 rings (SSSR count). The number of aromatic nitrogens is 4. The number of aliphatic hydroxyl groups is 2. The van der Waals surface area contributed by atoms with E-state index in [1.807, 2.05) is 25.4 Å². The third kappa shape index (κ3) is 4.92. The average molecular weight is 510 g/mol. The van der Waals surface area contributed by atoms with Crippen LogP contribution in [-0.4, -0.2) is 73.2 Å². The van der Waals surface area contributed by atoms with Crippen molar-refractivity contribution in [2.24, 2.45) is 0 Å². The number of hydrogen-bond acceptors (Lipinski definition) is 9. The van der Waals surface area contributed by atoms with Crippen molar-refractivity contribution in [1.29, 1.82) is 0 Å². The number of alkyl halides is 1. The molecule has 4 atom stereocenters. The molecule has 2 saturated heterocycles. The summed E-state index contributed by atoms with van der Waals surface area (Å²) in [4.78, 5) is 22.4. The van der Waals surface area contributed by atoms with Crippen molar-refractivity contribution in [3.8, 4) is 0 Å². The van der Waals surface area contributed by atoms with Crippen LogP contribution in [0, 0.1) is 0 Å². The number of pyridine rings is 2. The molecule has 0 bridgehead atoms. The Balaban J connectivity index is 1.48. The number of piperidine rings is 1. The molecule has 3 N–H and O–H groups in total. The second-order valence-electron chi connectivity index (χ2n) is 11.2. The van der Waals surface area contributed by atoms with Crippen LogP contribution in [0.15, 0.2) is 30.7 Å². The van der Waals surface area contributed by atoms with Gasteiger partial charge in [0, 0.05) is 49.0 Å². The molecule has 0 saturated carbocycles. The van der Waals surface area contributed by atoms with E-state index < -0.39 is 17.4 Å². The number of nitrogens with one attached hydrogen (secondary N) is 1. The molecule has 0 spiro atoms. The molecule has 2 aliphatic rings. The molecule has 0 aliphatic carbocycles. The Morgan fingerprint density at radius 2 is 1.92 bits per heavy atom. The van der Waals surface area contributed by atoms with E-state index in [-0.39, 0.29) is 12.5 Å². The lowest BCUT2D eigenvalue weighted by atomic mass is 9.85. The van der Waals surface area contributed by atoms with E-state index in [4.69, 9.17) is 4.98 Å². The van der Waals surface area contributed by atoms with Crippen LogP contribution in [0.4, 0.5) is 27.8 Å². The van der Waals surface area contributed by atoms with Crippen molar-refractivity contribution in [2.45, 2.75) is 76.8 Å². The first-order chi connectivity index (χ1) is 17.4. The highest BCUT2D eigenvalue weighted by Crippen LogP contribution is 2.38. The monoisotopic (exact) mass is 509 g/mol. The third-order valence-electron chi connectivity index (χ3n) is 7.95. The summed E-state index contributed by atoms with van der Waals surface area (Å²) in [5, 5.41) is 25.9. The van der Waals surface area contributed by atoms with Gasteiger partial charge in [-0.25, -0.2) is 19.3 Å². The molecule has 0 radical (unpaired) electrons. The zero-order valence-corrected chi connectivity index (χ0v) is 22.1. The van der Waals surface area contributed by atoms with Gasteiger partial charge in [-0.05, 0) is 63.6 Å². The molecule has 0 aromatic carbocycles. The second-order valence-corrected chi connectivity index (χ2v) is 11.2. The highest BCUT2D eigenvalue weighted by molar-refractivity contribution is 5.96. The number of hydrogen-bond donors (Lipinski definition) is 3. The SMILES string of the molecule is C[C@@H]1CCN1c1ncc([C@@H](C)C(C)(C)O)c2cc(Nc3ccnc(N4CC[C@@H](O)[C@@](C)(F)C4)n3)ncc12. The Hall–Kier alpha value is -3.11. The number of rotatable bonds is 6. The Morgan fingerprint density at radius 1 is 1.14 bits per heavy atom. The minimum absolute atomic E-state index is 0.0226. The van der Waals surface area contributed by atoms with Crippen LogP contribution in [0.25, 0.3) is 10.8 Å². The molecule has 198 valence electrons. The van der Waals surface area contributed by atoms with E-state index in [1.165, 1.54) is 6.92 Å². The van der Waals surface area contributed by atoms with Crippen LogP contribution in [0.2, 0.25) is 0 Å². The fraction of sp³-hybridized carbons (Fsp3) is 0.556. The number of nitrogens with zero attached hydrogens (tertiary/aromatic N) is 6. The molecule has 2 aliphatic heterocycles. The summed E-state index contributed by atoms with van der Waals surface area (Å²) >= 11 is 0. The van der Waals surface area contributed by atoms with E-state index in [9.17, 15) is 14.6 Å². The standard InChI is InChI=1S/C27H36FN7O2/c1-16-7-11-35(16)24-20-14-30-23(12-18(20)19(13-31-24)17(2)26(3,4)37)32-22-6-9-29-25(33-22)34-10-8-21(36)27(5,28)15-34/h6,9,12-14,16-17,21,36-37H,7-8,10-11,15H2,1-5H3,(H,29,30,32,33)/t16-,17-,21-,27+/m1/s1. The summed E-state index contributed by atoms with van der Waals surface area (Å²) in [6.07, 6.45) is 5.78. The largest absolute Gasteiger partial charge is 0.390 e. The smallest absolute Gasteiger partial charge is 0.227 e.